The lowest BCUT2D eigenvalue weighted by atomic mass is 10.2. The van der Waals surface area contributed by atoms with Crippen LogP contribution in [-0.4, -0.2) is 6.61 Å². The Morgan fingerprint density at radius 3 is 2.69 bits per heavy atom. The maximum atomic E-state index is 11.8. The molecule has 1 aromatic carbocycles. The highest BCUT2D eigenvalue weighted by molar-refractivity contribution is 9.10. The van der Waals surface area contributed by atoms with Crippen LogP contribution >= 0.6 is 15.9 Å². The number of nitrogens with zero attached hydrogens (tertiary/aromatic N) is 1. The summed E-state index contributed by atoms with van der Waals surface area (Å²) < 4.78 is 28.2. The van der Waals surface area contributed by atoms with E-state index >= 15 is 0 Å². The second-order valence-corrected chi connectivity index (χ2v) is 2.96. The molecule has 0 aromatic heterocycles. The Kier molecular flexibility index (Phi) is 3.20. The van der Waals surface area contributed by atoms with Crippen molar-refractivity contribution in [3.8, 4) is 11.8 Å². The van der Waals surface area contributed by atoms with E-state index in [9.17, 15) is 8.78 Å². The van der Waals surface area contributed by atoms with Gasteiger partial charge in [0.25, 0.3) is 0 Å². The van der Waals surface area contributed by atoms with Gasteiger partial charge in [0.05, 0.1) is 0 Å². The second-order valence-electron chi connectivity index (χ2n) is 2.10. The van der Waals surface area contributed by atoms with Crippen molar-refractivity contribution < 1.29 is 13.5 Å². The molecule has 0 saturated carbocycles. The Morgan fingerprint density at radius 2 is 2.15 bits per heavy atom. The zero-order chi connectivity index (χ0) is 9.84. The van der Waals surface area contributed by atoms with Gasteiger partial charge in [-0.25, -0.2) is 0 Å². The molecule has 0 aliphatic heterocycles. The number of hydrogen-bond acceptors (Lipinski definition) is 2. The van der Waals surface area contributed by atoms with E-state index in [-0.39, 0.29) is 11.3 Å². The molecule has 0 saturated heterocycles. The number of ether oxygens (including phenoxy) is 1. The standard InChI is InChI=1S/C8H4BrF2NO/c9-6-2-1-3-7(5(6)4-12)13-8(10)11/h1-3,8H. The predicted molar refractivity (Wildman–Crippen MR) is 45.5 cm³/mol. The van der Waals surface area contributed by atoms with Crippen LogP contribution in [0.2, 0.25) is 0 Å². The van der Waals surface area contributed by atoms with Crippen molar-refractivity contribution in [2.24, 2.45) is 0 Å². The van der Waals surface area contributed by atoms with Gasteiger partial charge in [0, 0.05) is 4.47 Å². The van der Waals surface area contributed by atoms with E-state index in [1.54, 1.807) is 12.1 Å². The molecule has 0 unspecified atom stereocenters. The zero-order valence-electron chi connectivity index (χ0n) is 6.30. The summed E-state index contributed by atoms with van der Waals surface area (Å²) in [5, 5.41) is 8.61. The fourth-order valence-corrected chi connectivity index (χ4v) is 1.24. The van der Waals surface area contributed by atoms with Gasteiger partial charge in [-0.1, -0.05) is 6.07 Å². The van der Waals surface area contributed by atoms with Gasteiger partial charge >= 0.3 is 6.61 Å². The molecule has 13 heavy (non-hydrogen) atoms. The minimum absolute atomic E-state index is 0.0720. The number of benzene rings is 1. The zero-order valence-corrected chi connectivity index (χ0v) is 7.88. The molecule has 1 aromatic rings. The molecule has 68 valence electrons. The molecule has 0 fully saturated rings. The minimum Gasteiger partial charge on any atom is -0.433 e. The van der Waals surface area contributed by atoms with Gasteiger partial charge in [0.15, 0.2) is 0 Å². The number of rotatable bonds is 2. The topological polar surface area (TPSA) is 33.0 Å². The highest BCUT2D eigenvalue weighted by atomic mass is 79.9. The lowest BCUT2D eigenvalue weighted by Gasteiger charge is -2.06. The van der Waals surface area contributed by atoms with Crippen LogP contribution in [0.5, 0.6) is 5.75 Å². The van der Waals surface area contributed by atoms with Crippen LogP contribution < -0.4 is 4.74 Å². The van der Waals surface area contributed by atoms with Crippen molar-refractivity contribution in [3.05, 3.63) is 28.2 Å². The summed E-state index contributed by atoms with van der Waals surface area (Å²) in [6, 6.07) is 6.18. The van der Waals surface area contributed by atoms with Crippen LogP contribution in [0, 0.1) is 11.3 Å². The van der Waals surface area contributed by atoms with Crippen LogP contribution in [0.3, 0.4) is 0 Å². The van der Waals surface area contributed by atoms with Gasteiger partial charge in [0.2, 0.25) is 0 Å². The van der Waals surface area contributed by atoms with Crippen molar-refractivity contribution in [2.45, 2.75) is 6.61 Å². The van der Waals surface area contributed by atoms with E-state index in [4.69, 9.17) is 5.26 Å². The molecule has 0 aliphatic carbocycles. The summed E-state index contributed by atoms with van der Waals surface area (Å²) >= 11 is 3.05. The molecule has 0 bridgehead atoms. The van der Waals surface area contributed by atoms with E-state index in [1.807, 2.05) is 0 Å². The fraction of sp³-hybridized carbons (Fsp3) is 0.125. The van der Waals surface area contributed by atoms with Crippen molar-refractivity contribution in [2.75, 3.05) is 0 Å². The molecular formula is C8H4BrF2NO. The predicted octanol–water partition coefficient (Wildman–Crippen LogP) is 2.92. The SMILES string of the molecule is N#Cc1c(Br)cccc1OC(F)F. The first-order chi connectivity index (χ1) is 6.15. The van der Waals surface area contributed by atoms with Crippen molar-refractivity contribution in [1.82, 2.24) is 0 Å². The number of nitriles is 1. The first-order valence-corrected chi connectivity index (χ1v) is 4.08. The molecule has 0 spiro atoms. The third kappa shape index (κ3) is 2.39. The first-order valence-electron chi connectivity index (χ1n) is 3.28. The second kappa shape index (κ2) is 4.19. The van der Waals surface area contributed by atoms with E-state index in [0.717, 1.165) is 0 Å². The van der Waals surface area contributed by atoms with Crippen LogP contribution in [0.1, 0.15) is 5.56 Å². The van der Waals surface area contributed by atoms with E-state index in [0.29, 0.717) is 4.47 Å². The van der Waals surface area contributed by atoms with E-state index < -0.39 is 6.61 Å². The number of halogens is 3. The normalized spacial score (nSPS) is 9.77. The Bertz CT molecular complexity index is 348. The monoisotopic (exact) mass is 247 g/mol. The summed E-state index contributed by atoms with van der Waals surface area (Å²) in [5.41, 5.74) is 0.0720. The van der Waals surface area contributed by atoms with Gasteiger partial charge in [0.1, 0.15) is 17.4 Å². The Morgan fingerprint density at radius 1 is 1.46 bits per heavy atom. The average molecular weight is 248 g/mol. The van der Waals surface area contributed by atoms with Gasteiger partial charge in [-0.2, -0.15) is 14.0 Å². The van der Waals surface area contributed by atoms with Crippen LogP contribution in [-0.2, 0) is 0 Å². The summed E-state index contributed by atoms with van der Waals surface area (Å²) in [4.78, 5) is 0. The maximum Gasteiger partial charge on any atom is 0.387 e. The molecule has 0 amide bonds. The molecular weight excluding hydrogens is 244 g/mol. The highest BCUT2D eigenvalue weighted by Gasteiger charge is 2.11. The summed E-state index contributed by atoms with van der Waals surface area (Å²) in [5.74, 6) is -0.119. The average Bonchev–Trinajstić information content (AvgIpc) is 2.03. The minimum atomic E-state index is -2.92. The van der Waals surface area contributed by atoms with Gasteiger partial charge in [-0.05, 0) is 28.1 Å². The smallest absolute Gasteiger partial charge is 0.387 e. The third-order valence-electron chi connectivity index (χ3n) is 1.30. The van der Waals surface area contributed by atoms with Crippen LogP contribution in [0.15, 0.2) is 22.7 Å². The maximum absolute atomic E-state index is 11.8. The third-order valence-corrected chi connectivity index (χ3v) is 1.96. The van der Waals surface area contributed by atoms with Crippen molar-refractivity contribution in [3.63, 3.8) is 0 Å². The number of hydrogen-bond donors (Lipinski definition) is 0. The van der Waals surface area contributed by atoms with Crippen LogP contribution in [0.25, 0.3) is 0 Å². The highest BCUT2D eigenvalue weighted by Crippen LogP contribution is 2.26. The molecule has 0 heterocycles. The molecule has 2 nitrogen and oxygen atoms in total. The van der Waals surface area contributed by atoms with E-state index in [2.05, 4.69) is 20.7 Å². The summed E-state index contributed by atoms with van der Waals surface area (Å²) in [7, 11) is 0. The van der Waals surface area contributed by atoms with Crippen molar-refractivity contribution in [1.29, 1.82) is 5.26 Å². The lowest BCUT2D eigenvalue weighted by molar-refractivity contribution is -0.0500. The molecule has 0 radical (unpaired) electrons. The lowest BCUT2D eigenvalue weighted by Crippen LogP contribution is -2.03. The summed E-state index contributed by atoms with van der Waals surface area (Å²) in [6.45, 7) is -2.92. The molecule has 1 rings (SSSR count). The Balaban J connectivity index is 3.07. The van der Waals surface area contributed by atoms with Gasteiger partial charge in [-0.3, -0.25) is 0 Å². The summed E-state index contributed by atoms with van der Waals surface area (Å²) in [6.07, 6.45) is 0. The molecule has 5 heteroatoms. The fourth-order valence-electron chi connectivity index (χ4n) is 0.807. The van der Waals surface area contributed by atoms with Gasteiger partial charge in [-0.15, -0.1) is 0 Å². The molecule has 0 aliphatic rings. The Labute approximate surface area is 81.9 Å². The Hall–Kier alpha value is -1.15. The van der Waals surface area contributed by atoms with E-state index in [1.165, 1.54) is 12.1 Å². The van der Waals surface area contributed by atoms with Crippen LogP contribution in [0.4, 0.5) is 8.78 Å². The number of alkyl halides is 2. The van der Waals surface area contributed by atoms with Crippen molar-refractivity contribution >= 4 is 15.9 Å². The first kappa shape index (κ1) is 9.93. The van der Waals surface area contributed by atoms with Gasteiger partial charge < -0.3 is 4.74 Å². The molecule has 0 atom stereocenters. The molecule has 0 N–H and O–H groups in total. The largest absolute Gasteiger partial charge is 0.433 e. The quantitative estimate of drug-likeness (QED) is 0.806.